The fourth-order valence-corrected chi connectivity index (χ4v) is 2.55. The highest BCUT2D eigenvalue weighted by Gasteiger charge is 2.22. The highest BCUT2D eigenvalue weighted by molar-refractivity contribution is 5.53. The highest BCUT2D eigenvalue weighted by Crippen LogP contribution is 2.36. The Morgan fingerprint density at radius 2 is 2.19 bits per heavy atom. The van der Waals surface area contributed by atoms with Crippen LogP contribution in [0.15, 0.2) is 42.5 Å². The van der Waals surface area contributed by atoms with Crippen molar-refractivity contribution in [3.05, 3.63) is 53.6 Å². The van der Waals surface area contributed by atoms with Crippen LogP contribution in [-0.4, -0.2) is 13.7 Å². The lowest BCUT2D eigenvalue weighted by atomic mass is 9.99. The minimum Gasteiger partial charge on any atom is -0.497 e. The van der Waals surface area contributed by atoms with Crippen LogP contribution in [0.1, 0.15) is 23.6 Å². The Morgan fingerprint density at radius 1 is 1.29 bits per heavy atom. The van der Waals surface area contributed by atoms with Crippen molar-refractivity contribution in [2.75, 3.05) is 19.0 Å². The molecule has 3 heteroatoms. The summed E-state index contributed by atoms with van der Waals surface area (Å²) in [6, 6.07) is 14.0. The Hall–Kier alpha value is -2.60. The SMILES string of the molecule is C#Cc1cccc(NC2CCOc3ccc(OC)cc32)c1. The molecule has 1 N–H and O–H groups in total. The van der Waals surface area contributed by atoms with Crippen LogP contribution in [0.2, 0.25) is 0 Å². The molecule has 0 aliphatic carbocycles. The number of hydrogen-bond acceptors (Lipinski definition) is 3. The molecule has 0 radical (unpaired) electrons. The molecule has 1 atom stereocenters. The van der Waals surface area contributed by atoms with Gasteiger partial charge in [0.25, 0.3) is 0 Å². The number of benzene rings is 2. The van der Waals surface area contributed by atoms with Crippen molar-refractivity contribution >= 4 is 5.69 Å². The molecule has 2 aromatic carbocycles. The molecule has 0 amide bonds. The van der Waals surface area contributed by atoms with Crippen LogP contribution in [-0.2, 0) is 0 Å². The van der Waals surface area contributed by atoms with E-state index in [1.54, 1.807) is 7.11 Å². The van der Waals surface area contributed by atoms with Gasteiger partial charge in [-0.3, -0.25) is 0 Å². The number of nitrogens with one attached hydrogen (secondary N) is 1. The summed E-state index contributed by atoms with van der Waals surface area (Å²) in [5.74, 6) is 4.40. The molecule has 1 unspecified atom stereocenters. The van der Waals surface area contributed by atoms with Crippen LogP contribution in [0.3, 0.4) is 0 Å². The number of terminal acetylenes is 1. The molecule has 0 saturated carbocycles. The second-order valence-electron chi connectivity index (χ2n) is 4.96. The van der Waals surface area contributed by atoms with E-state index in [1.807, 2.05) is 42.5 Å². The van der Waals surface area contributed by atoms with Crippen molar-refractivity contribution in [1.29, 1.82) is 0 Å². The maximum Gasteiger partial charge on any atom is 0.124 e. The van der Waals surface area contributed by atoms with E-state index in [9.17, 15) is 0 Å². The van der Waals surface area contributed by atoms with E-state index < -0.39 is 0 Å². The van der Waals surface area contributed by atoms with Crippen molar-refractivity contribution in [2.24, 2.45) is 0 Å². The number of rotatable bonds is 3. The molecule has 1 aliphatic heterocycles. The molecular weight excluding hydrogens is 262 g/mol. The van der Waals surface area contributed by atoms with Gasteiger partial charge in [-0.2, -0.15) is 0 Å². The quantitative estimate of drug-likeness (QED) is 0.871. The molecule has 0 spiro atoms. The summed E-state index contributed by atoms with van der Waals surface area (Å²) in [4.78, 5) is 0. The van der Waals surface area contributed by atoms with Gasteiger partial charge in [-0.15, -0.1) is 6.42 Å². The molecule has 1 aliphatic rings. The number of anilines is 1. The van der Waals surface area contributed by atoms with Gasteiger partial charge >= 0.3 is 0 Å². The molecular formula is C18H17NO2. The van der Waals surface area contributed by atoms with Gasteiger partial charge in [-0.25, -0.2) is 0 Å². The maximum absolute atomic E-state index is 5.71. The first-order valence-electron chi connectivity index (χ1n) is 6.94. The van der Waals surface area contributed by atoms with E-state index in [-0.39, 0.29) is 6.04 Å². The zero-order valence-corrected chi connectivity index (χ0v) is 11.9. The lowest BCUT2D eigenvalue weighted by Gasteiger charge is -2.28. The molecule has 0 aromatic heterocycles. The topological polar surface area (TPSA) is 30.5 Å². The first-order chi connectivity index (χ1) is 10.3. The number of ether oxygens (including phenoxy) is 2. The fourth-order valence-electron chi connectivity index (χ4n) is 2.55. The van der Waals surface area contributed by atoms with Crippen LogP contribution in [0.4, 0.5) is 5.69 Å². The van der Waals surface area contributed by atoms with Crippen molar-refractivity contribution in [1.82, 2.24) is 0 Å². The van der Waals surface area contributed by atoms with Gasteiger partial charge in [0.2, 0.25) is 0 Å². The molecule has 3 rings (SSSR count). The zero-order chi connectivity index (χ0) is 14.7. The average Bonchev–Trinajstić information content (AvgIpc) is 2.55. The van der Waals surface area contributed by atoms with E-state index in [2.05, 4.69) is 11.2 Å². The van der Waals surface area contributed by atoms with E-state index in [4.69, 9.17) is 15.9 Å². The predicted octanol–water partition coefficient (Wildman–Crippen LogP) is 3.61. The minimum atomic E-state index is 0.192. The third-order valence-corrected chi connectivity index (χ3v) is 3.63. The summed E-state index contributed by atoms with van der Waals surface area (Å²) >= 11 is 0. The highest BCUT2D eigenvalue weighted by atomic mass is 16.5. The van der Waals surface area contributed by atoms with Gasteiger partial charge in [0.1, 0.15) is 11.5 Å². The predicted molar refractivity (Wildman–Crippen MR) is 83.8 cm³/mol. The summed E-state index contributed by atoms with van der Waals surface area (Å²) < 4.78 is 11.0. The molecule has 0 bridgehead atoms. The average molecular weight is 279 g/mol. The monoisotopic (exact) mass is 279 g/mol. The van der Waals surface area contributed by atoms with Crippen molar-refractivity contribution < 1.29 is 9.47 Å². The fraction of sp³-hybridized carbons (Fsp3) is 0.222. The Kier molecular flexibility index (Phi) is 3.70. The second kappa shape index (κ2) is 5.80. The molecule has 1 heterocycles. The first kappa shape index (κ1) is 13.4. The van der Waals surface area contributed by atoms with Gasteiger partial charge in [0.15, 0.2) is 0 Å². The molecule has 0 saturated heterocycles. The van der Waals surface area contributed by atoms with Crippen molar-refractivity contribution in [2.45, 2.75) is 12.5 Å². The normalized spacial score (nSPS) is 16.3. The third kappa shape index (κ3) is 2.80. The van der Waals surface area contributed by atoms with E-state index >= 15 is 0 Å². The Morgan fingerprint density at radius 3 is 3.00 bits per heavy atom. The lowest BCUT2D eigenvalue weighted by Crippen LogP contribution is -2.20. The van der Waals surface area contributed by atoms with E-state index in [0.29, 0.717) is 6.61 Å². The van der Waals surface area contributed by atoms with Crippen molar-refractivity contribution in [3.8, 4) is 23.8 Å². The molecule has 0 fully saturated rings. The smallest absolute Gasteiger partial charge is 0.124 e. The summed E-state index contributed by atoms with van der Waals surface area (Å²) in [7, 11) is 1.67. The Bertz CT molecular complexity index is 688. The summed E-state index contributed by atoms with van der Waals surface area (Å²) in [6.07, 6.45) is 6.36. The summed E-state index contributed by atoms with van der Waals surface area (Å²) in [6.45, 7) is 0.700. The van der Waals surface area contributed by atoms with Crippen LogP contribution in [0, 0.1) is 12.3 Å². The minimum absolute atomic E-state index is 0.192. The van der Waals surface area contributed by atoms with E-state index in [1.165, 1.54) is 0 Å². The summed E-state index contributed by atoms with van der Waals surface area (Å²) in [5.41, 5.74) is 3.01. The number of methoxy groups -OCH3 is 1. The largest absolute Gasteiger partial charge is 0.497 e. The lowest BCUT2D eigenvalue weighted by molar-refractivity contribution is 0.273. The third-order valence-electron chi connectivity index (χ3n) is 3.63. The number of hydrogen-bond donors (Lipinski definition) is 1. The Labute approximate surface area is 124 Å². The maximum atomic E-state index is 5.71. The standard InChI is InChI=1S/C18H17NO2/c1-3-13-5-4-6-14(11-13)19-17-9-10-21-18-8-7-15(20-2)12-16(17)18/h1,4-8,11-12,17,19H,9-10H2,2H3. The van der Waals surface area contributed by atoms with Crippen molar-refractivity contribution in [3.63, 3.8) is 0 Å². The Balaban J connectivity index is 1.89. The van der Waals surface area contributed by atoms with Gasteiger partial charge in [0, 0.05) is 23.2 Å². The summed E-state index contributed by atoms with van der Waals surface area (Å²) in [5, 5.41) is 3.53. The van der Waals surface area contributed by atoms with Crippen LogP contribution in [0.25, 0.3) is 0 Å². The van der Waals surface area contributed by atoms with Gasteiger partial charge in [-0.1, -0.05) is 12.0 Å². The number of fused-ring (bicyclic) bond motifs is 1. The van der Waals surface area contributed by atoms with Gasteiger partial charge < -0.3 is 14.8 Å². The van der Waals surface area contributed by atoms with E-state index in [0.717, 1.165) is 34.7 Å². The molecule has 106 valence electrons. The molecule has 3 nitrogen and oxygen atoms in total. The van der Waals surface area contributed by atoms with Gasteiger partial charge in [-0.05, 0) is 36.4 Å². The molecule has 21 heavy (non-hydrogen) atoms. The first-order valence-corrected chi connectivity index (χ1v) is 6.94. The zero-order valence-electron chi connectivity index (χ0n) is 11.9. The van der Waals surface area contributed by atoms with Crippen LogP contribution >= 0.6 is 0 Å². The second-order valence-corrected chi connectivity index (χ2v) is 4.96. The van der Waals surface area contributed by atoms with Crippen LogP contribution < -0.4 is 14.8 Å². The van der Waals surface area contributed by atoms with Crippen LogP contribution in [0.5, 0.6) is 11.5 Å². The molecule has 2 aromatic rings. The van der Waals surface area contributed by atoms with Gasteiger partial charge in [0.05, 0.1) is 19.8 Å².